The molecule has 0 bridgehead atoms. The molecular formula is C14H13BrN4O. The van der Waals surface area contributed by atoms with Crippen LogP contribution in [0.4, 0.5) is 5.95 Å². The molecule has 0 saturated carbocycles. The van der Waals surface area contributed by atoms with E-state index in [2.05, 4.69) is 25.9 Å². The van der Waals surface area contributed by atoms with Gasteiger partial charge in [0.2, 0.25) is 5.95 Å². The number of anilines is 1. The first-order valence-electron chi connectivity index (χ1n) is 6.14. The average Bonchev–Trinajstić information content (AvgIpc) is 2.74. The fourth-order valence-electron chi connectivity index (χ4n) is 2.16. The van der Waals surface area contributed by atoms with Gasteiger partial charge in [-0.25, -0.2) is 9.97 Å². The number of fused-ring (bicyclic) bond motifs is 1. The number of pyridine rings is 1. The maximum atomic E-state index is 9.16. The molecule has 3 N–H and O–H groups in total. The highest BCUT2D eigenvalue weighted by Gasteiger charge is 2.10. The van der Waals surface area contributed by atoms with Crippen molar-refractivity contribution in [1.82, 2.24) is 14.5 Å². The quantitative estimate of drug-likeness (QED) is 0.721. The molecule has 0 amide bonds. The van der Waals surface area contributed by atoms with Crippen LogP contribution in [0.2, 0.25) is 0 Å². The van der Waals surface area contributed by atoms with Crippen LogP contribution in [0.3, 0.4) is 0 Å². The van der Waals surface area contributed by atoms with Crippen molar-refractivity contribution in [3.8, 4) is 0 Å². The van der Waals surface area contributed by atoms with E-state index in [0.29, 0.717) is 12.5 Å². The van der Waals surface area contributed by atoms with Crippen molar-refractivity contribution >= 4 is 32.9 Å². The van der Waals surface area contributed by atoms with E-state index >= 15 is 0 Å². The Bertz CT molecular complexity index is 769. The van der Waals surface area contributed by atoms with Gasteiger partial charge in [-0.3, -0.25) is 0 Å². The Morgan fingerprint density at radius 2 is 2.05 bits per heavy atom. The standard InChI is InChI=1S/C14H13BrN4O/c15-13-3-1-2-10(17-13)7-19-12-5-4-9(8-20)6-11(12)18-14(19)16/h1-6,20H,7-8H2,(H2,16,18). The molecule has 20 heavy (non-hydrogen) atoms. The van der Waals surface area contributed by atoms with Crippen molar-refractivity contribution in [1.29, 1.82) is 0 Å². The summed E-state index contributed by atoms with van der Waals surface area (Å²) in [5, 5.41) is 9.16. The number of aliphatic hydroxyl groups is 1. The van der Waals surface area contributed by atoms with Gasteiger partial charge in [-0.1, -0.05) is 12.1 Å². The summed E-state index contributed by atoms with van der Waals surface area (Å²) in [7, 11) is 0. The number of hydrogen-bond acceptors (Lipinski definition) is 4. The van der Waals surface area contributed by atoms with Crippen LogP contribution in [-0.4, -0.2) is 19.6 Å². The van der Waals surface area contributed by atoms with Crippen molar-refractivity contribution in [2.75, 3.05) is 5.73 Å². The second-order valence-corrected chi connectivity index (χ2v) is 5.30. The van der Waals surface area contributed by atoms with E-state index < -0.39 is 0 Å². The molecule has 3 rings (SSSR count). The number of benzene rings is 1. The van der Waals surface area contributed by atoms with E-state index in [1.807, 2.05) is 41.0 Å². The minimum Gasteiger partial charge on any atom is -0.392 e. The third-order valence-electron chi connectivity index (χ3n) is 3.12. The summed E-state index contributed by atoms with van der Waals surface area (Å²) in [6.07, 6.45) is 0. The highest BCUT2D eigenvalue weighted by molar-refractivity contribution is 9.10. The average molecular weight is 333 g/mol. The van der Waals surface area contributed by atoms with Crippen LogP contribution < -0.4 is 5.73 Å². The minimum absolute atomic E-state index is 0.00408. The zero-order valence-corrected chi connectivity index (χ0v) is 12.2. The lowest BCUT2D eigenvalue weighted by atomic mass is 10.2. The van der Waals surface area contributed by atoms with Crippen LogP contribution in [0.1, 0.15) is 11.3 Å². The van der Waals surface area contributed by atoms with E-state index in [1.165, 1.54) is 0 Å². The summed E-state index contributed by atoms with van der Waals surface area (Å²) in [5.74, 6) is 0.442. The van der Waals surface area contributed by atoms with Crippen LogP contribution in [0.25, 0.3) is 11.0 Å². The van der Waals surface area contributed by atoms with Gasteiger partial charge in [-0.15, -0.1) is 0 Å². The molecule has 2 heterocycles. The number of rotatable bonds is 3. The topological polar surface area (TPSA) is 77.0 Å². The first-order valence-corrected chi connectivity index (χ1v) is 6.93. The number of imidazole rings is 1. The van der Waals surface area contributed by atoms with Gasteiger partial charge in [0, 0.05) is 0 Å². The maximum Gasteiger partial charge on any atom is 0.201 e. The molecule has 3 aromatic rings. The molecule has 0 atom stereocenters. The van der Waals surface area contributed by atoms with Crippen LogP contribution in [0.5, 0.6) is 0 Å². The third kappa shape index (κ3) is 2.39. The van der Waals surface area contributed by atoms with Gasteiger partial charge in [0.1, 0.15) is 4.60 Å². The maximum absolute atomic E-state index is 9.16. The lowest BCUT2D eigenvalue weighted by molar-refractivity contribution is 0.282. The summed E-state index contributed by atoms with van der Waals surface area (Å²) in [4.78, 5) is 8.73. The largest absolute Gasteiger partial charge is 0.392 e. The summed E-state index contributed by atoms with van der Waals surface area (Å²) < 4.78 is 2.70. The minimum atomic E-state index is -0.00408. The molecule has 5 nitrogen and oxygen atoms in total. The van der Waals surface area contributed by atoms with Gasteiger partial charge in [0.25, 0.3) is 0 Å². The number of nitrogen functional groups attached to an aromatic ring is 1. The molecule has 1 aromatic carbocycles. The molecule has 2 aromatic heterocycles. The molecule has 0 aliphatic carbocycles. The van der Waals surface area contributed by atoms with Crippen LogP contribution in [-0.2, 0) is 13.2 Å². The van der Waals surface area contributed by atoms with Crippen LogP contribution >= 0.6 is 15.9 Å². The molecule has 0 radical (unpaired) electrons. The summed E-state index contributed by atoms with van der Waals surface area (Å²) in [6, 6.07) is 11.4. The van der Waals surface area contributed by atoms with Gasteiger partial charge in [-0.05, 0) is 45.8 Å². The molecular weight excluding hydrogens is 320 g/mol. The molecule has 0 aliphatic heterocycles. The Morgan fingerprint density at radius 1 is 1.20 bits per heavy atom. The number of nitrogens with two attached hydrogens (primary N) is 1. The normalized spacial score (nSPS) is 11.1. The monoisotopic (exact) mass is 332 g/mol. The van der Waals surface area contributed by atoms with Gasteiger partial charge in [0.05, 0.1) is 29.9 Å². The Labute approximate surface area is 124 Å². The Kier molecular flexibility index (Phi) is 3.42. The second kappa shape index (κ2) is 5.22. The first-order chi connectivity index (χ1) is 9.67. The number of aromatic nitrogens is 3. The Morgan fingerprint density at radius 3 is 2.80 bits per heavy atom. The highest BCUT2D eigenvalue weighted by Crippen LogP contribution is 2.21. The van der Waals surface area contributed by atoms with E-state index in [4.69, 9.17) is 10.8 Å². The van der Waals surface area contributed by atoms with Gasteiger partial charge >= 0.3 is 0 Å². The lowest BCUT2D eigenvalue weighted by Crippen LogP contribution is -2.06. The second-order valence-electron chi connectivity index (χ2n) is 4.49. The zero-order valence-electron chi connectivity index (χ0n) is 10.6. The third-order valence-corrected chi connectivity index (χ3v) is 3.56. The van der Waals surface area contributed by atoms with E-state index in [0.717, 1.165) is 26.9 Å². The lowest BCUT2D eigenvalue weighted by Gasteiger charge is -2.06. The first kappa shape index (κ1) is 13.1. The summed E-state index contributed by atoms with van der Waals surface area (Å²) in [5.41, 5.74) is 9.42. The van der Waals surface area contributed by atoms with Crippen LogP contribution in [0.15, 0.2) is 41.0 Å². The van der Waals surface area contributed by atoms with Crippen LogP contribution in [0, 0.1) is 0 Å². The molecule has 0 unspecified atom stereocenters. The van der Waals surface area contributed by atoms with Crippen molar-refractivity contribution in [2.45, 2.75) is 13.2 Å². The number of aliphatic hydroxyl groups excluding tert-OH is 1. The summed E-state index contributed by atoms with van der Waals surface area (Å²) in [6.45, 7) is 0.552. The molecule has 0 saturated heterocycles. The van der Waals surface area contributed by atoms with E-state index in [9.17, 15) is 0 Å². The Hall–Kier alpha value is -1.92. The van der Waals surface area contributed by atoms with Gasteiger partial charge < -0.3 is 15.4 Å². The number of halogens is 1. The van der Waals surface area contributed by atoms with Crippen molar-refractivity contribution in [2.24, 2.45) is 0 Å². The fraction of sp³-hybridized carbons (Fsp3) is 0.143. The van der Waals surface area contributed by atoms with E-state index in [-0.39, 0.29) is 6.61 Å². The molecule has 0 aliphatic rings. The molecule has 0 spiro atoms. The number of hydrogen-bond donors (Lipinski definition) is 2. The van der Waals surface area contributed by atoms with E-state index in [1.54, 1.807) is 0 Å². The Balaban J connectivity index is 2.05. The van der Waals surface area contributed by atoms with Crippen molar-refractivity contribution < 1.29 is 5.11 Å². The van der Waals surface area contributed by atoms with Crippen molar-refractivity contribution in [3.63, 3.8) is 0 Å². The molecule has 102 valence electrons. The highest BCUT2D eigenvalue weighted by atomic mass is 79.9. The summed E-state index contributed by atoms with van der Waals surface area (Å²) >= 11 is 3.36. The molecule has 0 fully saturated rings. The van der Waals surface area contributed by atoms with Gasteiger partial charge in [0.15, 0.2) is 0 Å². The predicted molar refractivity (Wildman–Crippen MR) is 81.1 cm³/mol. The fourth-order valence-corrected chi connectivity index (χ4v) is 2.54. The zero-order chi connectivity index (χ0) is 14.1. The molecule has 6 heteroatoms. The smallest absolute Gasteiger partial charge is 0.201 e. The van der Waals surface area contributed by atoms with Gasteiger partial charge in [-0.2, -0.15) is 0 Å². The van der Waals surface area contributed by atoms with Crippen molar-refractivity contribution in [3.05, 3.63) is 52.3 Å². The predicted octanol–water partition coefficient (Wildman–Crippen LogP) is 2.32. The number of nitrogens with zero attached hydrogens (tertiary/aromatic N) is 3. The SMILES string of the molecule is Nc1nc2cc(CO)ccc2n1Cc1cccc(Br)n1.